The summed E-state index contributed by atoms with van der Waals surface area (Å²) in [5, 5.41) is 14.2. The first kappa shape index (κ1) is 10.6. The molecule has 1 heterocycles. The topological polar surface area (TPSA) is 58.0 Å². The Morgan fingerprint density at radius 1 is 1.62 bits per heavy atom. The number of hydrogen-bond acceptors (Lipinski definition) is 3. The molecule has 0 saturated heterocycles. The lowest BCUT2D eigenvalue weighted by atomic mass is 10.3. The van der Waals surface area contributed by atoms with Crippen molar-refractivity contribution in [3.63, 3.8) is 0 Å². The van der Waals surface area contributed by atoms with E-state index in [-0.39, 0.29) is 11.3 Å². The van der Waals surface area contributed by atoms with Crippen LogP contribution in [0.3, 0.4) is 0 Å². The molecule has 0 atom stereocenters. The molecular weight excluding hydrogens is 238 g/mol. The van der Waals surface area contributed by atoms with Crippen LogP contribution in [0.5, 0.6) is 0 Å². The summed E-state index contributed by atoms with van der Waals surface area (Å²) in [5.74, 6) is -1.42. The van der Waals surface area contributed by atoms with E-state index in [1.54, 1.807) is 0 Å². The maximum Gasteiger partial charge on any atom is 0.235 e. The van der Waals surface area contributed by atoms with Crippen molar-refractivity contribution in [2.45, 2.75) is 3.79 Å². The van der Waals surface area contributed by atoms with Crippen molar-refractivity contribution in [1.29, 1.82) is 0 Å². The number of carboxylic acid groups (broad SMARTS) is 1. The molecule has 0 bridgehead atoms. The lowest BCUT2D eigenvalue weighted by Crippen LogP contribution is -2.24. The van der Waals surface area contributed by atoms with Gasteiger partial charge in [-0.15, -0.1) is 0 Å². The number of alkyl halides is 3. The average molecular weight is 242 g/mol. The van der Waals surface area contributed by atoms with Gasteiger partial charge in [-0.05, 0) is 0 Å². The fourth-order valence-corrected chi connectivity index (χ4v) is 1.27. The highest BCUT2D eigenvalue weighted by Gasteiger charge is 2.30. The monoisotopic (exact) mass is 241 g/mol. The van der Waals surface area contributed by atoms with E-state index in [0.717, 1.165) is 0 Å². The van der Waals surface area contributed by atoms with E-state index >= 15 is 0 Å². The Bertz CT molecular complexity index is 342. The van der Waals surface area contributed by atoms with E-state index in [2.05, 4.69) is 5.10 Å². The largest absolute Gasteiger partial charge is 0.545 e. The third-order valence-corrected chi connectivity index (χ3v) is 1.85. The minimum atomic E-state index is -1.85. The molecule has 0 radical (unpaired) electrons. The molecule has 1 rings (SSSR count). The maximum atomic E-state index is 10.5. The summed E-state index contributed by atoms with van der Waals surface area (Å²) in [7, 11) is 1.52. The van der Waals surface area contributed by atoms with Gasteiger partial charge < -0.3 is 9.90 Å². The first-order valence-electron chi connectivity index (χ1n) is 3.14. The molecule has 7 heteroatoms. The van der Waals surface area contributed by atoms with Crippen LogP contribution in [0.25, 0.3) is 0 Å². The molecule has 1 aromatic rings. The Morgan fingerprint density at radius 3 is 2.46 bits per heavy atom. The number of carbonyl (C=O) groups is 1. The quantitative estimate of drug-likeness (QED) is 0.678. The molecule has 1 aromatic heterocycles. The number of carbonyl (C=O) groups excluding carboxylic acids is 1. The van der Waals surface area contributed by atoms with Gasteiger partial charge in [-0.2, -0.15) is 5.10 Å². The number of aromatic nitrogens is 2. The number of aryl methyl sites for hydroxylation is 1. The molecule has 0 unspecified atom stereocenters. The summed E-state index contributed by atoms with van der Waals surface area (Å²) in [5.41, 5.74) is -0.359. The first-order valence-corrected chi connectivity index (χ1v) is 4.28. The Balaban J connectivity index is 3.28. The van der Waals surface area contributed by atoms with Gasteiger partial charge in [-0.25, -0.2) is 0 Å². The van der Waals surface area contributed by atoms with E-state index in [4.69, 9.17) is 34.8 Å². The molecule has 13 heavy (non-hydrogen) atoms. The van der Waals surface area contributed by atoms with Gasteiger partial charge in [0.25, 0.3) is 0 Å². The molecule has 0 aliphatic carbocycles. The molecule has 4 nitrogen and oxygen atoms in total. The Morgan fingerprint density at radius 2 is 2.15 bits per heavy atom. The van der Waals surface area contributed by atoms with E-state index in [1.807, 2.05) is 0 Å². The summed E-state index contributed by atoms with van der Waals surface area (Å²) in [6.45, 7) is 0. The number of aromatic carboxylic acids is 1. The van der Waals surface area contributed by atoms with Gasteiger partial charge in [-0.1, -0.05) is 34.8 Å². The average Bonchev–Trinajstić information content (AvgIpc) is 2.29. The summed E-state index contributed by atoms with van der Waals surface area (Å²) >= 11 is 16.5. The Hall–Kier alpha value is -0.450. The van der Waals surface area contributed by atoms with Gasteiger partial charge in [0.05, 0.1) is 5.97 Å². The van der Waals surface area contributed by atoms with Gasteiger partial charge in [0.15, 0.2) is 0 Å². The molecule has 0 aliphatic rings. The Labute approximate surface area is 89.0 Å². The minimum absolute atomic E-state index is 0.139. The third-order valence-electron chi connectivity index (χ3n) is 1.32. The fourth-order valence-electron chi connectivity index (χ4n) is 0.847. The normalized spacial score (nSPS) is 11.7. The van der Waals surface area contributed by atoms with Crippen LogP contribution in [0.2, 0.25) is 0 Å². The highest BCUT2D eigenvalue weighted by Crippen LogP contribution is 2.38. The van der Waals surface area contributed by atoms with E-state index in [9.17, 15) is 9.90 Å². The van der Waals surface area contributed by atoms with Crippen molar-refractivity contribution in [2.24, 2.45) is 7.05 Å². The zero-order valence-electron chi connectivity index (χ0n) is 6.42. The zero-order chi connectivity index (χ0) is 10.2. The zero-order valence-corrected chi connectivity index (χ0v) is 8.69. The maximum absolute atomic E-state index is 10.5. The van der Waals surface area contributed by atoms with Crippen LogP contribution in [0.1, 0.15) is 16.1 Å². The highest BCUT2D eigenvalue weighted by molar-refractivity contribution is 6.66. The van der Waals surface area contributed by atoms with Crippen LogP contribution in [-0.2, 0) is 10.8 Å². The number of hydrogen-bond donors (Lipinski definition) is 0. The van der Waals surface area contributed by atoms with Gasteiger partial charge in [0.2, 0.25) is 3.79 Å². The first-order chi connectivity index (χ1) is 5.82. The van der Waals surface area contributed by atoms with Crippen LogP contribution < -0.4 is 5.11 Å². The van der Waals surface area contributed by atoms with E-state index in [1.165, 1.54) is 17.9 Å². The smallest absolute Gasteiger partial charge is 0.235 e. The van der Waals surface area contributed by atoms with Gasteiger partial charge in [-0.3, -0.25) is 4.68 Å². The second kappa shape index (κ2) is 3.36. The van der Waals surface area contributed by atoms with Crippen LogP contribution >= 0.6 is 34.8 Å². The third kappa shape index (κ3) is 2.27. The predicted molar refractivity (Wildman–Crippen MR) is 46.8 cm³/mol. The van der Waals surface area contributed by atoms with Gasteiger partial charge >= 0.3 is 0 Å². The standard InChI is InChI=1S/C6H5Cl3N2O2/c1-11-2-3(5(12)13)4(10-11)6(7,8)9/h2H,1H3,(H,12,13)/p-1. The molecule has 0 aliphatic heterocycles. The van der Waals surface area contributed by atoms with Gasteiger partial charge in [0, 0.05) is 18.8 Å². The van der Waals surface area contributed by atoms with Crippen molar-refractivity contribution in [3.05, 3.63) is 17.5 Å². The number of carboxylic acids is 1. The molecular formula is C6H4Cl3N2O2-. The van der Waals surface area contributed by atoms with Crippen molar-refractivity contribution < 1.29 is 9.90 Å². The highest BCUT2D eigenvalue weighted by atomic mass is 35.6. The van der Waals surface area contributed by atoms with Crippen molar-refractivity contribution in [1.82, 2.24) is 9.78 Å². The molecule has 0 saturated carbocycles. The second-order valence-corrected chi connectivity index (χ2v) is 4.63. The fraction of sp³-hybridized carbons (Fsp3) is 0.333. The second-order valence-electron chi connectivity index (χ2n) is 2.35. The van der Waals surface area contributed by atoms with E-state index < -0.39 is 9.76 Å². The van der Waals surface area contributed by atoms with Crippen molar-refractivity contribution in [3.8, 4) is 0 Å². The molecule has 72 valence electrons. The lowest BCUT2D eigenvalue weighted by molar-refractivity contribution is -0.255. The molecule has 0 fully saturated rings. The van der Waals surface area contributed by atoms with Crippen LogP contribution in [0.15, 0.2) is 6.20 Å². The van der Waals surface area contributed by atoms with Crippen molar-refractivity contribution in [2.75, 3.05) is 0 Å². The summed E-state index contributed by atoms with van der Waals surface area (Å²) in [6, 6.07) is 0. The minimum Gasteiger partial charge on any atom is -0.545 e. The summed E-state index contributed by atoms with van der Waals surface area (Å²) < 4.78 is -0.612. The van der Waals surface area contributed by atoms with Crippen LogP contribution in [0.4, 0.5) is 0 Å². The predicted octanol–water partition coefficient (Wildman–Crippen LogP) is 0.610. The number of halogens is 3. The molecule has 0 amide bonds. The van der Waals surface area contributed by atoms with Gasteiger partial charge in [0.1, 0.15) is 5.69 Å². The summed E-state index contributed by atoms with van der Waals surface area (Å²) in [6.07, 6.45) is 1.21. The molecule has 0 aromatic carbocycles. The van der Waals surface area contributed by atoms with Crippen molar-refractivity contribution >= 4 is 40.8 Å². The molecule has 0 N–H and O–H groups in total. The van der Waals surface area contributed by atoms with E-state index in [0.29, 0.717) is 0 Å². The molecule has 0 spiro atoms. The van der Waals surface area contributed by atoms with Crippen LogP contribution in [0, 0.1) is 0 Å². The Kier molecular flexibility index (Phi) is 2.75. The summed E-state index contributed by atoms with van der Waals surface area (Å²) in [4.78, 5) is 10.5. The lowest BCUT2D eigenvalue weighted by Gasteiger charge is -2.09. The number of rotatable bonds is 1. The van der Waals surface area contributed by atoms with Crippen LogP contribution in [-0.4, -0.2) is 15.7 Å². The number of nitrogens with zero attached hydrogens (tertiary/aromatic N) is 2. The SMILES string of the molecule is Cn1cc(C(=O)[O-])c(C(Cl)(Cl)Cl)n1.